The second-order valence-electron chi connectivity index (χ2n) is 5.71. The Morgan fingerprint density at radius 3 is 2.71 bits per heavy atom. The number of nitrogens with one attached hydrogen (secondary N) is 1. The minimum absolute atomic E-state index is 0.144. The summed E-state index contributed by atoms with van der Waals surface area (Å²) in [5.74, 6) is 0.798. The normalized spacial score (nSPS) is 14.7. The van der Waals surface area contributed by atoms with Crippen molar-refractivity contribution in [1.29, 1.82) is 0 Å². The number of carbonyl (C=O) groups is 1. The predicted octanol–water partition coefficient (Wildman–Crippen LogP) is 4.18. The maximum Gasteiger partial charge on any atom is 0.258 e. The van der Waals surface area contributed by atoms with Crippen LogP contribution in [0.3, 0.4) is 0 Å². The summed E-state index contributed by atoms with van der Waals surface area (Å²) in [7, 11) is 0. The molecule has 1 aliphatic rings. The third kappa shape index (κ3) is 4.72. The first kappa shape index (κ1) is 17.3. The zero-order valence-electron chi connectivity index (χ0n) is 13.4. The van der Waals surface area contributed by atoms with E-state index in [1.54, 1.807) is 48.3 Å². The number of carbonyl (C=O) groups excluding carboxylic acids is 1. The monoisotopic (exact) mass is 361 g/mol. The number of thioether (sulfide) groups is 1. The van der Waals surface area contributed by atoms with Crippen LogP contribution in [0, 0.1) is 0 Å². The average molecular weight is 362 g/mol. The van der Waals surface area contributed by atoms with E-state index in [0.717, 1.165) is 23.0 Å². The van der Waals surface area contributed by atoms with Crippen LogP contribution in [-0.2, 0) is 0 Å². The van der Waals surface area contributed by atoms with Crippen molar-refractivity contribution in [1.82, 2.24) is 9.88 Å². The van der Waals surface area contributed by atoms with Gasteiger partial charge in [0, 0.05) is 29.2 Å². The number of hydrogen-bond acceptors (Lipinski definition) is 4. The maximum absolute atomic E-state index is 12.5. The first-order valence-corrected chi connectivity index (χ1v) is 9.46. The zero-order valence-corrected chi connectivity index (χ0v) is 14.9. The molecule has 1 fully saturated rings. The van der Waals surface area contributed by atoms with Crippen LogP contribution in [0.2, 0.25) is 5.02 Å². The highest BCUT2D eigenvalue weighted by Crippen LogP contribution is 2.22. The van der Waals surface area contributed by atoms with Crippen LogP contribution < -0.4 is 5.32 Å². The molecule has 0 aliphatic carbocycles. The fourth-order valence-electron chi connectivity index (χ4n) is 2.69. The van der Waals surface area contributed by atoms with E-state index >= 15 is 0 Å². The van der Waals surface area contributed by atoms with E-state index in [2.05, 4.69) is 15.2 Å². The van der Waals surface area contributed by atoms with Crippen LogP contribution in [-0.4, -0.2) is 41.2 Å². The summed E-state index contributed by atoms with van der Waals surface area (Å²) in [6.45, 7) is 3.42. The van der Waals surface area contributed by atoms with E-state index in [9.17, 15) is 4.79 Å². The molecule has 0 spiro atoms. The molecular weight excluding hydrogens is 342 g/mol. The molecule has 2 heterocycles. The van der Waals surface area contributed by atoms with Gasteiger partial charge in [-0.2, -0.15) is 0 Å². The summed E-state index contributed by atoms with van der Waals surface area (Å²) in [6, 6.07) is 10.7. The van der Waals surface area contributed by atoms with E-state index in [4.69, 9.17) is 11.6 Å². The number of nitrogens with zero attached hydrogens (tertiary/aromatic N) is 2. The second-order valence-corrected chi connectivity index (χ2v) is 7.23. The molecule has 4 nitrogen and oxygen atoms in total. The van der Waals surface area contributed by atoms with E-state index in [1.165, 1.54) is 25.9 Å². The summed E-state index contributed by atoms with van der Waals surface area (Å²) >= 11 is 7.51. The number of rotatable bonds is 6. The summed E-state index contributed by atoms with van der Waals surface area (Å²) in [6.07, 6.45) is 4.32. The molecule has 2 aromatic rings. The molecule has 0 atom stereocenters. The van der Waals surface area contributed by atoms with Crippen molar-refractivity contribution in [3.63, 3.8) is 0 Å². The number of likely N-dealkylation sites (tertiary alicyclic amines) is 1. The lowest BCUT2D eigenvalue weighted by Gasteiger charge is -2.14. The lowest BCUT2D eigenvalue weighted by atomic mass is 10.2. The summed E-state index contributed by atoms with van der Waals surface area (Å²) < 4.78 is 0. The van der Waals surface area contributed by atoms with Crippen molar-refractivity contribution >= 4 is 35.0 Å². The van der Waals surface area contributed by atoms with Crippen LogP contribution in [0.25, 0.3) is 0 Å². The van der Waals surface area contributed by atoms with Gasteiger partial charge in [-0.25, -0.2) is 4.98 Å². The minimum atomic E-state index is -0.144. The SMILES string of the molecule is O=C(Nc1ccc(Cl)cc1)c1cccnc1SCCN1CCCC1. The third-order valence-electron chi connectivity index (χ3n) is 3.96. The maximum atomic E-state index is 12.5. The van der Waals surface area contributed by atoms with E-state index in [-0.39, 0.29) is 5.91 Å². The highest BCUT2D eigenvalue weighted by Gasteiger charge is 2.15. The largest absolute Gasteiger partial charge is 0.322 e. The molecule has 0 unspecified atom stereocenters. The topological polar surface area (TPSA) is 45.2 Å². The number of aromatic nitrogens is 1. The van der Waals surface area contributed by atoms with Gasteiger partial charge in [0.25, 0.3) is 5.91 Å². The van der Waals surface area contributed by atoms with Gasteiger partial charge in [0.05, 0.1) is 5.56 Å². The van der Waals surface area contributed by atoms with Crippen LogP contribution in [0.1, 0.15) is 23.2 Å². The Kier molecular flexibility index (Phi) is 6.12. The van der Waals surface area contributed by atoms with Gasteiger partial charge in [-0.15, -0.1) is 11.8 Å². The lowest BCUT2D eigenvalue weighted by molar-refractivity contribution is 0.102. The molecule has 0 saturated carbocycles. The highest BCUT2D eigenvalue weighted by molar-refractivity contribution is 7.99. The number of halogens is 1. The average Bonchev–Trinajstić information content (AvgIpc) is 3.11. The molecule has 0 radical (unpaired) electrons. The quantitative estimate of drug-likeness (QED) is 0.784. The van der Waals surface area contributed by atoms with Crippen molar-refractivity contribution in [3.8, 4) is 0 Å². The zero-order chi connectivity index (χ0) is 16.8. The van der Waals surface area contributed by atoms with E-state index in [1.807, 2.05) is 6.07 Å². The number of anilines is 1. The first-order valence-electron chi connectivity index (χ1n) is 8.09. The summed E-state index contributed by atoms with van der Waals surface area (Å²) in [4.78, 5) is 19.4. The highest BCUT2D eigenvalue weighted by atomic mass is 35.5. The minimum Gasteiger partial charge on any atom is -0.322 e. The van der Waals surface area contributed by atoms with Gasteiger partial charge in [0.2, 0.25) is 0 Å². The Hall–Kier alpha value is -1.56. The van der Waals surface area contributed by atoms with Crippen molar-refractivity contribution in [2.45, 2.75) is 17.9 Å². The lowest BCUT2D eigenvalue weighted by Crippen LogP contribution is -2.22. The van der Waals surface area contributed by atoms with Gasteiger partial charge >= 0.3 is 0 Å². The molecule has 24 heavy (non-hydrogen) atoms. The molecule has 1 amide bonds. The Labute approximate surface area is 151 Å². The van der Waals surface area contributed by atoms with Gasteiger partial charge in [-0.1, -0.05) is 11.6 Å². The Morgan fingerprint density at radius 2 is 1.96 bits per heavy atom. The predicted molar refractivity (Wildman–Crippen MR) is 100 cm³/mol. The van der Waals surface area contributed by atoms with E-state index < -0.39 is 0 Å². The van der Waals surface area contributed by atoms with Gasteiger partial charge < -0.3 is 10.2 Å². The Balaban J connectivity index is 1.61. The molecule has 1 saturated heterocycles. The molecule has 3 rings (SSSR count). The Morgan fingerprint density at radius 1 is 1.21 bits per heavy atom. The molecule has 1 aliphatic heterocycles. The molecule has 126 valence electrons. The molecular formula is C18H20ClN3OS. The fraction of sp³-hybridized carbons (Fsp3) is 0.333. The summed E-state index contributed by atoms with van der Waals surface area (Å²) in [5, 5.41) is 4.32. The van der Waals surface area contributed by atoms with Gasteiger partial charge in [0.1, 0.15) is 5.03 Å². The van der Waals surface area contributed by atoms with Crippen LogP contribution >= 0.6 is 23.4 Å². The third-order valence-corrected chi connectivity index (χ3v) is 5.20. The molecule has 1 N–H and O–H groups in total. The first-order chi connectivity index (χ1) is 11.7. The van der Waals surface area contributed by atoms with E-state index in [0.29, 0.717) is 10.6 Å². The van der Waals surface area contributed by atoms with Crippen molar-refractivity contribution in [3.05, 3.63) is 53.2 Å². The fourth-order valence-corrected chi connectivity index (χ4v) is 3.81. The smallest absolute Gasteiger partial charge is 0.258 e. The van der Waals surface area contributed by atoms with Crippen LogP contribution in [0.5, 0.6) is 0 Å². The van der Waals surface area contributed by atoms with Crippen molar-refractivity contribution in [2.24, 2.45) is 0 Å². The van der Waals surface area contributed by atoms with Crippen LogP contribution in [0.4, 0.5) is 5.69 Å². The van der Waals surface area contributed by atoms with Gasteiger partial charge in [-0.3, -0.25) is 4.79 Å². The molecule has 0 bridgehead atoms. The number of hydrogen-bond donors (Lipinski definition) is 1. The molecule has 1 aromatic carbocycles. The van der Waals surface area contributed by atoms with Crippen molar-refractivity contribution < 1.29 is 4.79 Å². The number of benzene rings is 1. The number of amides is 1. The Bertz CT molecular complexity index is 687. The summed E-state index contributed by atoms with van der Waals surface area (Å²) in [5.41, 5.74) is 1.33. The molecule has 1 aromatic heterocycles. The van der Waals surface area contributed by atoms with Gasteiger partial charge in [-0.05, 0) is 62.3 Å². The van der Waals surface area contributed by atoms with Gasteiger partial charge in [0.15, 0.2) is 0 Å². The second kappa shape index (κ2) is 8.51. The van der Waals surface area contributed by atoms with Crippen LogP contribution in [0.15, 0.2) is 47.6 Å². The standard InChI is InChI=1S/C18H20ClN3OS/c19-14-5-7-15(8-6-14)21-17(23)16-4-3-9-20-18(16)24-13-12-22-10-1-2-11-22/h3-9H,1-2,10-13H2,(H,21,23). The van der Waals surface area contributed by atoms with Crippen molar-refractivity contribution in [2.75, 3.05) is 30.7 Å². The molecule has 6 heteroatoms. The number of pyridine rings is 1.